The van der Waals surface area contributed by atoms with E-state index in [1.54, 1.807) is 23.6 Å². The van der Waals surface area contributed by atoms with Gasteiger partial charge in [-0.25, -0.2) is 9.18 Å². The van der Waals surface area contributed by atoms with Gasteiger partial charge < -0.3 is 10.4 Å². The molecule has 0 aliphatic heterocycles. The molecular weight excluding hydrogens is 241 g/mol. The van der Waals surface area contributed by atoms with Crippen molar-refractivity contribution in [1.29, 1.82) is 0 Å². The molecule has 0 aliphatic carbocycles. The predicted octanol–water partition coefficient (Wildman–Crippen LogP) is 3.20. The summed E-state index contributed by atoms with van der Waals surface area (Å²) in [6.07, 6.45) is 0. The summed E-state index contributed by atoms with van der Waals surface area (Å²) < 4.78 is 12.7. The SMILES string of the molecule is O=C(O)c1csc(CNc2ccc(F)cc2)c1. The Hall–Kier alpha value is -1.88. The molecule has 3 nitrogen and oxygen atoms in total. The Labute approximate surface area is 102 Å². The first-order chi connectivity index (χ1) is 8.15. The van der Waals surface area contributed by atoms with Crippen LogP contribution in [0, 0.1) is 5.82 Å². The van der Waals surface area contributed by atoms with E-state index in [0.717, 1.165) is 10.6 Å². The number of anilines is 1. The van der Waals surface area contributed by atoms with Crippen molar-refractivity contribution in [1.82, 2.24) is 0 Å². The number of carboxylic acid groups (broad SMARTS) is 1. The number of halogens is 1. The molecule has 2 N–H and O–H groups in total. The summed E-state index contributed by atoms with van der Waals surface area (Å²) in [7, 11) is 0. The number of nitrogens with one attached hydrogen (secondary N) is 1. The molecule has 0 saturated heterocycles. The summed E-state index contributed by atoms with van der Waals surface area (Å²) >= 11 is 1.38. The van der Waals surface area contributed by atoms with E-state index >= 15 is 0 Å². The highest BCUT2D eigenvalue weighted by Crippen LogP contribution is 2.17. The molecule has 88 valence electrons. The monoisotopic (exact) mass is 251 g/mol. The van der Waals surface area contributed by atoms with Crippen molar-refractivity contribution in [3.05, 3.63) is 52.0 Å². The standard InChI is InChI=1S/C12H10FNO2S/c13-9-1-3-10(4-2-9)14-6-11-5-8(7-17-11)12(15)16/h1-5,7,14H,6H2,(H,15,16). The second kappa shape index (κ2) is 4.97. The summed E-state index contributed by atoms with van der Waals surface area (Å²) in [4.78, 5) is 11.6. The molecule has 2 rings (SSSR count). The minimum Gasteiger partial charge on any atom is -0.478 e. The first-order valence-corrected chi connectivity index (χ1v) is 5.83. The number of aromatic carboxylic acids is 1. The molecule has 2 aromatic rings. The molecule has 0 aliphatic rings. The second-order valence-electron chi connectivity index (χ2n) is 3.47. The van der Waals surface area contributed by atoms with Crippen molar-refractivity contribution < 1.29 is 14.3 Å². The minimum absolute atomic E-state index is 0.278. The lowest BCUT2D eigenvalue weighted by Crippen LogP contribution is -1.98. The third-order valence-electron chi connectivity index (χ3n) is 2.21. The van der Waals surface area contributed by atoms with Gasteiger partial charge in [0.15, 0.2) is 0 Å². The Kier molecular flexibility index (Phi) is 3.39. The van der Waals surface area contributed by atoms with Crippen molar-refractivity contribution in [3.63, 3.8) is 0 Å². The molecule has 0 atom stereocenters. The van der Waals surface area contributed by atoms with E-state index in [0.29, 0.717) is 12.1 Å². The van der Waals surface area contributed by atoms with E-state index in [4.69, 9.17) is 5.11 Å². The van der Waals surface area contributed by atoms with Crippen LogP contribution in [-0.4, -0.2) is 11.1 Å². The van der Waals surface area contributed by atoms with Crippen LogP contribution >= 0.6 is 11.3 Å². The van der Waals surface area contributed by atoms with Crippen LogP contribution in [0.4, 0.5) is 10.1 Å². The summed E-state index contributed by atoms with van der Waals surface area (Å²) in [6, 6.07) is 7.66. The summed E-state index contributed by atoms with van der Waals surface area (Å²) in [5.41, 5.74) is 1.10. The lowest BCUT2D eigenvalue weighted by molar-refractivity contribution is 0.0697. The third-order valence-corrected chi connectivity index (χ3v) is 3.15. The van der Waals surface area contributed by atoms with Crippen molar-refractivity contribution in [2.24, 2.45) is 0 Å². The van der Waals surface area contributed by atoms with E-state index in [2.05, 4.69) is 5.32 Å². The molecule has 1 aromatic carbocycles. The Morgan fingerprint density at radius 1 is 1.35 bits per heavy atom. The van der Waals surface area contributed by atoms with Gasteiger partial charge in [-0.05, 0) is 30.3 Å². The van der Waals surface area contributed by atoms with Gasteiger partial charge in [0.1, 0.15) is 5.82 Å². The molecule has 0 unspecified atom stereocenters. The number of hydrogen-bond acceptors (Lipinski definition) is 3. The highest BCUT2D eigenvalue weighted by Gasteiger charge is 2.05. The van der Waals surface area contributed by atoms with Crippen LogP contribution in [0.5, 0.6) is 0 Å². The molecule has 0 spiro atoms. The van der Waals surface area contributed by atoms with Gasteiger partial charge in [-0.1, -0.05) is 0 Å². The molecule has 0 radical (unpaired) electrons. The van der Waals surface area contributed by atoms with E-state index in [9.17, 15) is 9.18 Å². The highest BCUT2D eigenvalue weighted by atomic mass is 32.1. The molecule has 17 heavy (non-hydrogen) atoms. The Bertz CT molecular complexity index is 522. The van der Waals surface area contributed by atoms with Crippen molar-refractivity contribution >= 4 is 23.0 Å². The zero-order valence-corrected chi connectivity index (χ0v) is 9.63. The largest absolute Gasteiger partial charge is 0.478 e. The Morgan fingerprint density at radius 3 is 2.65 bits per heavy atom. The van der Waals surface area contributed by atoms with Gasteiger partial charge in [-0.3, -0.25) is 0 Å². The fourth-order valence-corrected chi connectivity index (χ4v) is 2.14. The molecule has 1 heterocycles. The minimum atomic E-state index is -0.922. The predicted molar refractivity (Wildman–Crippen MR) is 65.0 cm³/mol. The maximum Gasteiger partial charge on any atom is 0.336 e. The third kappa shape index (κ3) is 3.04. The number of carboxylic acids is 1. The van der Waals surface area contributed by atoms with Gasteiger partial charge >= 0.3 is 5.97 Å². The maximum atomic E-state index is 12.7. The normalized spacial score (nSPS) is 10.2. The molecule has 1 aromatic heterocycles. The highest BCUT2D eigenvalue weighted by molar-refractivity contribution is 7.10. The van der Waals surface area contributed by atoms with Crippen LogP contribution in [-0.2, 0) is 6.54 Å². The first kappa shape index (κ1) is 11.6. The van der Waals surface area contributed by atoms with Crippen LogP contribution in [0.1, 0.15) is 15.2 Å². The van der Waals surface area contributed by atoms with Crippen molar-refractivity contribution in [3.8, 4) is 0 Å². The smallest absolute Gasteiger partial charge is 0.336 e. The quantitative estimate of drug-likeness (QED) is 0.877. The van der Waals surface area contributed by atoms with Crippen molar-refractivity contribution in [2.75, 3.05) is 5.32 Å². The number of carbonyl (C=O) groups is 1. The zero-order chi connectivity index (χ0) is 12.3. The van der Waals surface area contributed by atoms with Gasteiger partial charge in [0.2, 0.25) is 0 Å². The second-order valence-corrected chi connectivity index (χ2v) is 4.46. The zero-order valence-electron chi connectivity index (χ0n) is 8.81. The summed E-state index contributed by atoms with van der Waals surface area (Å²) in [6.45, 7) is 0.531. The lowest BCUT2D eigenvalue weighted by Gasteiger charge is -2.03. The molecular formula is C12H10FNO2S. The fraction of sp³-hybridized carbons (Fsp3) is 0.0833. The summed E-state index contributed by atoms with van der Waals surface area (Å²) in [5.74, 6) is -1.20. The van der Waals surface area contributed by atoms with Crippen LogP contribution in [0.3, 0.4) is 0 Å². The van der Waals surface area contributed by atoms with E-state index in [1.807, 2.05) is 0 Å². The Morgan fingerprint density at radius 2 is 2.06 bits per heavy atom. The van der Waals surface area contributed by atoms with Gasteiger partial charge in [0.05, 0.1) is 5.56 Å². The first-order valence-electron chi connectivity index (χ1n) is 4.95. The van der Waals surface area contributed by atoms with E-state index in [-0.39, 0.29) is 5.82 Å². The van der Waals surface area contributed by atoms with Crippen LogP contribution in [0.15, 0.2) is 35.7 Å². The average molecular weight is 251 g/mol. The maximum absolute atomic E-state index is 12.7. The van der Waals surface area contributed by atoms with Crippen LogP contribution in [0.25, 0.3) is 0 Å². The molecule has 0 saturated carbocycles. The van der Waals surface area contributed by atoms with E-state index < -0.39 is 5.97 Å². The molecule has 0 fully saturated rings. The number of hydrogen-bond donors (Lipinski definition) is 2. The fourth-order valence-electron chi connectivity index (χ4n) is 1.34. The van der Waals surface area contributed by atoms with Gasteiger partial charge in [0.25, 0.3) is 0 Å². The van der Waals surface area contributed by atoms with Gasteiger partial charge in [0, 0.05) is 22.5 Å². The number of thiophene rings is 1. The lowest BCUT2D eigenvalue weighted by atomic mass is 10.3. The molecule has 0 amide bonds. The van der Waals surface area contributed by atoms with E-state index in [1.165, 1.54) is 23.5 Å². The van der Waals surface area contributed by atoms with Gasteiger partial charge in [-0.15, -0.1) is 11.3 Å². The number of benzene rings is 1. The van der Waals surface area contributed by atoms with Crippen LogP contribution in [0.2, 0.25) is 0 Å². The summed E-state index contributed by atoms with van der Waals surface area (Å²) in [5, 5.41) is 13.5. The van der Waals surface area contributed by atoms with Crippen LogP contribution < -0.4 is 5.32 Å². The number of rotatable bonds is 4. The Balaban J connectivity index is 1.97. The average Bonchev–Trinajstić information content (AvgIpc) is 2.77. The molecule has 5 heteroatoms. The molecule has 0 bridgehead atoms. The van der Waals surface area contributed by atoms with Crippen molar-refractivity contribution in [2.45, 2.75) is 6.54 Å². The topological polar surface area (TPSA) is 49.3 Å². The van der Waals surface area contributed by atoms with Gasteiger partial charge in [-0.2, -0.15) is 0 Å².